The molecule has 1 aliphatic heterocycles. The maximum Gasteiger partial charge on any atom is 0.251 e. The molecule has 0 unspecified atom stereocenters. The molecule has 2 amide bonds. The minimum Gasteiger partial charge on any atom is -0.349 e. The van der Waals surface area contributed by atoms with E-state index in [9.17, 15) is 9.59 Å². The molecule has 0 saturated carbocycles. The van der Waals surface area contributed by atoms with Crippen LogP contribution in [-0.4, -0.2) is 35.8 Å². The zero-order valence-corrected chi connectivity index (χ0v) is 15.4. The van der Waals surface area contributed by atoms with Crippen molar-refractivity contribution < 1.29 is 9.59 Å². The number of nitrogens with zero attached hydrogens (tertiary/aromatic N) is 1. The second kappa shape index (κ2) is 8.48. The largest absolute Gasteiger partial charge is 0.349 e. The first-order valence-electron chi connectivity index (χ1n) is 8.40. The summed E-state index contributed by atoms with van der Waals surface area (Å²) in [5, 5.41) is 3.08. The monoisotopic (exact) mass is 380 g/mol. The molecule has 1 N–H and O–H groups in total. The van der Waals surface area contributed by atoms with Crippen LogP contribution in [0.5, 0.6) is 0 Å². The van der Waals surface area contributed by atoms with Gasteiger partial charge in [0.2, 0.25) is 5.91 Å². The quantitative estimate of drug-likeness (QED) is 0.847. The molecule has 23 heavy (non-hydrogen) atoms. The number of hydrogen-bond donors (Lipinski definition) is 1. The van der Waals surface area contributed by atoms with Crippen LogP contribution < -0.4 is 5.32 Å². The Labute approximate surface area is 146 Å². The average Bonchev–Trinajstić information content (AvgIpc) is 2.57. The summed E-state index contributed by atoms with van der Waals surface area (Å²) >= 11 is 3.37. The molecule has 4 nitrogen and oxygen atoms in total. The minimum atomic E-state index is -0.0396. The van der Waals surface area contributed by atoms with Gasteiger partial charge in [-0.1, -0.05) is 29.8 Å². The molecular weight excluding hydrogens is 356 g/mol. The van der Waals surface area contributed by atoms with Gasteiger partial charge >= 0.3 is 0 Å². The van der Waals surface area contributed by atoms with Gasteiger partial charge in [0.05, 0.1) is 0 Å². The third-order valence-corrected chi connectivity index (χ3v) is 5.11. The highest BCUT2D eigenvalue weighted by Gasteiger charge is 2.27. The Hall–Kier alpha value is -1.36. The maximum atomic E-state index is 12.4. The minimum absolute atomic E-state index is 0.0396. The Morgan fingerprint density at radius 3 is 2.26 bits per heavy atom. The normalized spacial score (nSPS) is 15.7. The molecular formula is C18H25BrN2O2. The summed E-state index contributed by atoms with van der Waals surface area (Å²) in [5.74, 6) is 0.374. The molecule has 1 aromatic carbocycles. The molecule has 0 spiro atoms. The first kappa shape index (κ1) is 18.0. The SMILES string of the molecule is CCC(CC)C(=O)N1CCC(NC(=O)c2ccc(Br)cc2)CC1. The standard InChI is InChI=1S/C18H25BrN2O2/c1-3-13(4-2)18(23)21-11-9-16(10-12-21)20-17(22)14-5-7-15(19)8-6-14/h5-8,13,16H,3-4,9-12H2,1-2H3,(H,20,22). The number of halogens is 1. The number of benzene rings is 1. The van der Waals surface area contributed by atoms with Crippen molar-refractivity contribution >= 4 is 27.7 Å². The van der Waals surface area contributed by atoms with Gasteiger partial charge in [-0.3, -0.25) is 9.59 Å². The van der Waals surface area contributed by atoms with Crippen molar-refractivity contribution in [2.24, 2.45) is 5.92 Å². The summed E-state index contributed by atoms with van der Waals surface area (Å²) in [5.41, 5.74) is 0.670. The molecule has 2 rings (SSSR count). The van der Waals surface area contributed by atoms with Gasteiger partial charge in [-0.15, -0.1) is 0 Å². The molecule has 0 radical (unpaired) electrons. The Balaban J connectivity index is 1.83. The van der Waals surface area contributed by atoms with Crippen LogP contribution in [0.15, 0.2) is 28.7 Å². The molecule has 0 aromatic heterocycles. The third-order valence-electron chi connectivity index (χ3n) is 4.58. The van der Waals surface area contributed by atoms with Gasteiger partial charge in [0, 0.05) is 35.1 Å². The number of hydrogen-bond acceptors (Lipinski definition) is 2. The molecule has 0 atom stereocenters. The van der Waals surface area contributed by atoms with E-state index in [0.29, 0.717) is 5.56 Å². The van der Waals surface area contributed by atoms with Gasteiger partial charge in [0.25, 0.3) is 5.91 Å². The molecule has 1 aromatic rings. The Morgan fingerprint density at radius 2 is 1.74 bits per heavy atom. The van der Waals surface area contributed by atoms with Crippen LogP contribution in [0.25, 0.3) is 0 Å². The van der Waals surface area contributed by atoms with E-state index in [-0.39, 0.29) is 23.8 Å². The second-order valence-corrected chi connectivity index (χ2v) is 7.01. The molecule has 1 saturated heterocycles. The Morgan fingerprint density at radius 1 is 1.17 bits per heavy atom. The van der Waals surface area contributed by atoms with Crippen molar-refractivity contribution in [1.29, 1.82) is 0 Å². The van der Waals surface area contributed by atoms with Crippen LogP contribution in [0.4, 0.5) is 0 Å². The Kier molecular flexibility index (Phi) is 6.63. The van der Waals surface area contributed by atoms with E-state index in [0.717, 1.165) is 43.2 Å². The number of amides is 2. The van der Waals surface area contributed by atoms with E-state index in [1.165, 1.54) is 0 Å². The van der Waals surface area contributed by atoms with E-state index >= 15 is 0 Å². The van der Waals surface area contributed by atoms with Crippen molar-refractivity contribution in [3.8, 4) is 0 Å². The topological polar surface area (TPSA) is 49.4 Å². The van der Waals surface area contributed by atoms with Crippen LogP contribution in [-0.2, 0) is 4.79 Å². The fourth-order valence-corrected chi connectivity index (χ4v) is 3.27. The van der Waals surface area contributed by atoms with Gasteiger partial charge in [-0.05, 0) is 49.9 Å². The number of rotatable bonds is 5. The van der Waals surface area contributed by atoms with Crippen molar-refractivity contribution in [2.75, 3.05) is 13.1 Å². The lowest BCUT2D eigenvalue weighted by Gasteiger charge is -2.34. The van der Waals surface area contributed by atoms with Crippen LogP contribution in [0.1, 0.15) is 49.9 Å². The lowest BCUT2D eigenvalue weighted by molar-refractivity contribution is -0.136. The highest BCUT2D eigenvalue weighted by atomic mass is 79.9. The van der Waals surface area contributed by atoms with E-state index in [1.807, 2.05) is 29.2 Å². The highest BCUT2D eigenvalue weighted by molar-refractivity contribution is 9.10. The smallest absolute Gasteiger partial charge is 0.251 e. The molecule has 0 aliphatic carbocycles. The summed E-state index contributed by atoms with van der Waals surface area (Å²) in [4.78, 5) is 26.6. The fourth-order valence-electron chi connectivity index (χ4n) is 3.01. The average molecular weight is 381 g/mol. The third kappa shape index (κ3) is 4.80. The summed E-state index contributed by atoms with van der Waals surface area (Å²) < 4.78 is 0.960. The molecule has 1 aliphatic rings. The van der Waals surface area contributed by atoms with Crippen molar-refractivity contribution in [2.45, 2.75) is 45.6 Å². The van der Waals surface area contributed by atoms with Crippen molar-refractivity contribution in [1.82, 2.24) is 10.2 Å². The van der Waals surface area contributed by atoms with E-state index < -0.39 is 0 Å². The number of nitrogens with one attached hydrogen (secondary N) is 1. The fraction of sp³-hybridized carbons (Fsp3) is 0.556. The summed E-state index contributed by atoms with van der Waals surface area (Å²) in [6.45, 7) is 5.61. The summed E-state index contributed by atoms with van der Waals surface area (Å²) in [7, 11) is 0. The molecule has 1 heterocycles. The van der Waals surface area contributed by atoms with Gasteiger partial charge < -0.3 is 10.2 Å². The highest BCUT2D eigenvalue weighted by Crippen LogP contribution is 2.18. The predicted molar refractivity (Wildman–Crippen MR) is 95.3 cm³/mol. The van der Waals surface area contributed by atoms with E-state index in [2.05, 4.69) is 35.1 Å². The molecule has 126 valence electrons. The number of piperidine rings is 1. The molecule has 5 heteroatoms. The lowest BCUT2D eigenvalue weighted by Crippen LogP contribution is -2.48. The van der Waals surface area contributed by atoms with Gasteiger partial charge in [-0.2, -0.15) is 0 Å². The van der Waals surface area contributed by atoms with Crippen LogP contribution >= 0.6 is 15.9 Å². The summed E-state index contributed by atoms with van der Waals surface area (Å²) in [6, 6.07) is 7.51. The summed E-state index contributed by atoms with van der Waals surface area (Å²) in [6.07, 6.45) is 3.45. The zero-order valence-electron chi connectivity index (χ0n) is 13.8. The van der Waals surface area contributed by atoms with E-state index in [4.69, 9.17) is 0 Å². The lowest BCUT2D eigenvalue weighted by atomic mass is 9.98. The first-order chi connectivity index (χ1) is 11.0. The van der Waals surface area contributed by atoms with Crippen LogP contribution in [0, 0.1) is 5.92 Å². The zero-order chi connectivity index (χ0) is 16.8. The predicted octanol–water partition coefficient (Wildman–Crippen LogP) is 3.61. The van der Waals surface area contributed by atoms with Gasteiger partial charge in [0.15, 0.2) is 0 Å². The van der Waals surface area contributed by atoms with Gasteiger partial charge in [-0.25, -0.2) is 0 Å². The molecule has 1 fully saturated rings. The maximum absolute atomic E-state index is 12.4. The number of likely N-dealkylation sites (tertiary alicyclic amines) is 1. The van der Waals surface area contributed by atoms with Crippen molar-refractivity contribution in [3.63, 3.8) is 0 Å². The van der Waals surface area contributed by atoms with Gasteiger partial charge in [0.1, 0.15) is 0 Å². The van der Waals surface area contributed by atoms with Crippen molar-refractivity contribution in [3.05, 3.63) is 34.3 Å². The second-order valence-electron chi connectivity index (χ2n) is 6.09. The Bertz CT molecular complexity index is 532. The van der Waals surface area contributed by atoms with E-state index in [1.54, 1.807) is 0 Å². The molecule has 0 bridgehead atoms. The van der Waals surface area contributed by atoms with Crippen LogP contribution in [0.2, 0.25) is 0 Å². The first-order valence-corrected chi connectivity index (χ1v) is 9.19. The number of carbonyl (C=O) groups is 2. The number of carbonyl (C=O) groups excluding carboxylic acids is 2. The van der Waals surface area contributed by atoms with Crippen LogP contribution in [0.3, 0.4) is 0 Å².